The Balaban J connectivity index is 2.50. The van der Waals surface area contributed by atoms with Gasteiger partial charge in [-0.2, -0.15) is 0 Å². The van der Waals surface area contributed by atoms with Gasteiger partial charge in [0.15, 0.2) is 0 Å². The fraction of sp³-hybridized carbons (Fsp3) is 0.800. The monoisotopic (exact) mass is 153 g/mol. The molecule has 0 amide bonds. The van der Waals surface area contributed by atoms with Crippen LogP contribution in [0.4, 0.5) is 0 Å². The Morgan fingerprint density at radius 2 is 2.36 bits per heavy atom. The highest BCUT2D eigenvalue weighted by Crippen LogP contribution is 2.21. The molecule has 0 N–H and O–H groups in total. The standard InChI is InChI=1S/C10H19N/c1-4-9(2)10-7-5-6-8-11(10)3/h6,8-10H,4-5,7H2,1-3H3. The molecule has 0 aromatic carbocycles. The van der Waals surface area contributed by atoms with Crippen LogP contribution in [0.25, 0.3) is 0 Å². The smallest absolute Gasteiger partial charge is 0.0309 e. The number of hydrogen-bond acceptors (Lipinski definition) is 1. The molecular formula is C10H19N. The topological polar surface area (TPSA) is 3.24 Å². The highest BCUT2D eigenvalue weighted by atomic mass is 15.1. The molecule has 0 spiro atoms. The third-order valence-electron chi connectivity index (χ3n) is 2.79. The van der Waals surface area contributed by atoms with E-state index >= 15 is 0 Å². The van der Waals surface area contributed by atoms with E-state index in [9.17, 15) is 0 Å². The summed E-state index contributed by atoms with van der Waals surface area (Å²) in [7, 11) is 2.19. The van der Waals surface area contributed by atoms with Gasteiger partial charge in [0, 0.05) is 13.1 Å². The molecule has 1 aliphatic heterocycles. The average Bonchev–Trinajstić information content (AvgIpc) is 2.04. The molecular weight excluding hydrogens is 134 g/mol. The SMILES string of the molecule is CCC(C)C1CCC=CN1C. The van der Waals surface area contributed by atoms with Crippen LogP contribution in [0.2, 0.25) is 0 Å². The van der Waals surface area contributed by atoms with Crippen LogP contribution in [0.1, 0.15) is 33.1 Å². The molecule has 2 unspecified atom stereocenters. The lowest BCUT2D eigenvalue weighted by molar-refractivity contribution is 0.217. The van der Waals surface area contributed by atoms with E-state index in [0.29, 0.717) is 0 Å². The Hall–Kier alpha value is -0.460. The van der Waals surface area contributed by atoms with E-state index in [0.717, 1.165) is 12.0 Å². The van der Waals surface area contributed by atoms with Crippen molar-refractivity contribution >= 4 is 0 Å². The predicted molar refractivity (Wildman–Crippen MR) is 49.4 cm³/mol. The van der Waals surface area contributed by atoms with Crippen molar-refractivity contribution in [2.24, 2.45) is 5.92 Å². The maximum absolute atomic E-state index is 2.36. The first-order valence-electron chi connectivity index (χ1n) is 4.64. The van der Waals surface area contributed by atoms with Crippen LogP contribution in [0.5, 0.6) is 0 Å². The second-order valence-corrected chi connectivity index (χ2v) is 3.58. The van der Waals surface area contributed by atoms with Gasteiger partial charge in [-0.15, -0.1) is 0 Å². The van der Waals surface area contributed by atoms with Gasteiger partial charge >= 0.3 is 0 Å². The van der Waals surface area contributed by atoms with Gasteiger partial charge in [0.05, 0.1) is 0 Å². The van der Waals surface area contributed by atoms with Crippen LogP contribution >= 0.6 is 0 Å². The lowest BCUT2D eigenvalue weighted by Crippen LogP contribution is -2.34. The summed E-state index contributed by atoms with van der Waals surface area (Å²) in [5.41, 5.74) is 0. The minimum absolute atomic E-state index is 0.782. The number of hydrogen-bond donors (Lipinski definition) is 0. The van der Waals surface area contributed by atoms with Gasteiger partial charge in [-0.05, 0) is 25.0 Å². The summed E-state index contributed by atoms with van der Waals surface area (Å²) in [4.78, 5) is 2.36. The molecule has 1 heterocycles. The Kier molecular flexibility index (Phi) is 2.98. The zero-order valence-electron chi connectivity index (χ0n) is 7.88. The summed E-state index contributed by atoms with van der Waals surface area (Å²) in [5.74, 6) is 0.838. The zero-order chi connectivity index (χ0) is 8.27. The molecule has 1 aliphatic rings. The molecule has 0 aromatic rings. The molecule has 0 bridgehead atoms. The van der Waals surface area contributed by atoms with Crippen molar-refractivity contribution in [2.75, 3.05) is 7.05 Å². The van der Waals surface area contributed by atoms with Crippen LogP contribution in [0.15, 0.2) is 12.3 Å². The summed E-state index contributed by atoms with van der Waals surface area (Å²) >= 11 is 0. The molecule has 2 atom stereocenters. The first kappa shape index (κ1) is 8.63. The van der Waals surface area contributed by atoms with E-state index in [4.69, 9.17) is 0 Å². The van der Waals surface area contributed by atoms with Crippen molar-refractivity contribution in [2.45, 2.75) is 39.2 Å². The minimum atomic E-state index is 0.782. The van der Waals surface area contributed by atoms with Gasteiger partial charge < -0.3 is 4.90 Å². The maximum Gasteiger partial charge on any atom is 0.0309 e. The van der Waals surface area contributed by atoms with Crippen LogP contribution in [0.3, 0.4) is 0 Å². The van der Waals surface area contributed by atoms with Crippen molar-refractivity contribution in [1.82, 2.24) is 4.90 Å². The van der Waals surface area contributed by atoms with Crippen molar-refractivity contribution in [1.29, 1.82) is 0 Å². The normalized spacial score (nSPS) is 27.2. The highest BCUT2D eigenvalue weighted by molar-refractivity contribution is 4.92. The van der Waals surface area contributed by atoms with E-state index in [1.165, 1.54) is 19.3 Å². The van der Waals surface area contributed by atoms with E-state index in [1.807, 2.05) is 0 Å². The summed E-state index contributed by atoms with van der Waals surface area (Å²) in [6, 6.07) is 0.782. The molecule has 0 saturated carbocycles. The summed E-state index contributed by atoms with van der Waals surface area (Å²) < 4.78 is 0. The summed E-state index contributed by atoms with van der Waals surface area (Å²) in [6.07, 6.45) is 8.38. The molecule has 64 valence electrons. The van der Waals surface area contributed by atoms with E-state index in [-0.39, 0.29) is 0 Å². The number of allylic oxidation sites excluding steroid dienone is 1. The largest absolute Gasteiger partial charge is 0.377 e. The van der Waals surface area contributed by atoms with Crippen LogP contribution in [-0.2, 0) is 0 Å². The van der Waals surface area contributed by atoms with Gasteiger partial charge in [-0.25, -0.2) is 0 Å². The molecule has 0 aromatic heterocycles. The van der Waals surface area contributed by atoms with Gasteiger partial charge in [0.25, 0.3) is 0 Å². The second-order valence-electron chi connectivity index (χ2n) is 3.58. The third kappa shape index (κ3) is 1.98. The molecule has 1 nitrogen and oxygen atoms in total. The van der Waals surface area contributed by atoms with Gasteiger partial charge in [0.2, 0.25) is 0 Å². The molecule has 0 fully saturated rings. The molecule has 1 heteroatoms. The number of rotatable bonds is 2. The second kappa shape index (κ2) is 3.80. The third-order valence-corrected chi connectivity index (χ3v) is 2.79. The van der Waals surface area contributed by atoms with Gasteiger partial charge in [-0.3, -0.25) is 0 Å². The lowest BCUT2D eigenvalue weighted by atomic mass is 9.92. The zero-order valence-corrected chi connectivity index (χ0v) is 7.88. The molecule has 0 aliphatic carbocycles. The molecule has 11 heavy (non-hydrogen) atoms. The fourth-order valence-electron chi connectivity index (χ4n) is 1.78. The van der Waals surface area contributed by atoms with Crippen molar-refractivity contribution in [3.63, 3.8) is 0 Å². The van der Waals surface area contributed by atoms with Gasteiger partial charge in [-0.1, -0.05) is 26.3 Å². The average molecular weight is 153 g/mol. The fourth-order valence-corrected chi connectivity index (χ4v) is 1.78. The summed E-state index contributed by atoms with van der Waals surface area (Å²) in [5, 5.41) is 0. The Morgan fingerprint density at radius 3 is 2.91 bits per heavy atom. The predicted octanol–water partition coefficient (Wildman–Crippen LogP) is 2.64. The minimum Gasteiger partial charge on any atom is -0.377 e. The Labute approximate surface area is 70.1 Å². The van der Waals surface area contributed by atoms with Crippen LogP contribution in [-0.4, -0.2) is 18.0 Å². The number of nitrogens with zero attached hydrogens (tertiary/aromatic N) is 1. The summed E-state index contributed by atoms with van der Waals surface area (Å²) in [6.45, 7) is 4.62. The van der Waals surface area contributed by atoms with Gasteiger partial charge in [0.1, 0.15) is 0 Å². The highest BCUT2D eigenvalue weighted by Gasteiger charge is 2.19. The molecule has 1 rings (SSSR count). The van der Waals surface area contributed by atoms with Crippen LogP contribution < -0.4 is 0 Å². The molecule has 0 saturated heterocycles. The van der Waals surface area contributed by atoms with Crippen molar-refractivity contribution in [3.05, 3.63) is 12.3 Å². The van der Waals surface area contributed by atoms with E-state index in [1.54, 1.807) is 0 Å². The van der Waals surface area contributed by atoms with E-state index < -0.39 is 0 Å². The van der Waals surface area contributed by atoms with Crippen molar-refractivity contribution in [3.8, 4) is 0 Å². The Morgan fingerprint density at radius 1 is 1.64 bits per heavy atom. The lowest BCUT2D eigenvalue weighted by Gasteiger charge is -2.34. The Bertz CT molecular complexity index is 140. The van der Waals surface area contributed by atoms with Crippen LogP contribution in [0, 0.1) is 5.92 Å². The molecule has 0 radical (unpaired) electrons. The van der Waals surface area contributed by atoms with Crippen molar-refractivity contribution < 1.29 is 0 Å². The quantitative estimate of drug-likeness (QED) is 0.589. The first-order chi connectivity index (χ1) is 5.25. The first-order valence-corrected chi connectivity index (χ1v) is 4.64. The maximum atomic E-state index is 2.36. The van der Waals surface area contributed by atoms with E-state index in [2.05, 4.69) is 38.1 Å².